The lowest BCUT2D eigenvalue weighted by atomic mass is 10.1. The predicted octanol–water partition coefficient (Wildman–Crippen LogP) is 2.11. The van der Waals surface area contributed by atoms with Gasteiger partial charge < -0.3 is 20.5 Å². The van der Waals surface area contributed by atoms with Crippen LogP contribution in [0.3, 0.4) is 0 Å². The van der Waals surface area contributed by atoms with Gasteiger partial charge >= 0.3 is 0 Å². The highest BCUT2D eigenvalue weighted by Crippen LogP contribution is 2.38. The summed E-state index contributed by atoms with van der Waals surface area (Å²) < 4.78 is 10.8. The number of fused-ring (bicyclic) bond motifs is 2. The van der Waals surface area contributed by atoms with Gasteiger partial charge in [0.05, 0.1) is 0 Å². The van der Waals surface area contributed by atoms with E-state index in [0.29, 0.717) is 6.54 Å². The van der Waals surface area contributed by atoms with Gasteiger partial charge in [-0.1, -0.05) is 0 Å². The number of pyridine rings is 1. The summed E-state index contributed by atoms with van der Waals surface area (Å²) in [5.41, 5.74) is 5.54. The number of hydrogen-bond donors (Lipinski definition) is 2. The van der Waals surface area contributed by atoms with E-state index in [1.807, 2.05) is 32.0 Å². The van der Waals surface area contributed by atoms with Crippen LogP contribution in [0.25, 0.3) is 10.8 Å². The molecule has 0 aliphatic carbocycles. The lowest BCUT2D eigenvalue weighted by Crippen LogP contribution is -2.39. The van der Waals surface area contributed by atoms with Crippen LogP contribution in [0.5, 0.6) is 11.5 Å². The van der Waals surface area contributed by atoms with Crippen LogP contribution in [-0.4, -0.2) is 23.9 Å². The molecule has 100 valence electrons. The highest BCUT2D eigenvalue weighted by atomic mass is 16.7. The van der Waals surface area contributed by atoms with Crippen LogP contribution in [0.1, 0.15) is 13.8 Å². The summed E-state index contributed by atoms with van der Waals surface area (Å²) in [6.07, 6.45) is 1.78. The van der Waals surface area contributed by atoms with E-state index in [9.17, 15) is 0 Å². The molecule has 0 spiro atoms. The molecule has 5 nitrogen and oxygen atoms in total. The summed E-state index contributed by atoms with van der Waals surface area (Å²) >= 11 is 0. The van der Waals surface area contributed by atoms with Crippen LogP contribution in [0, 0.1) is 0 Å². The number of aromatic nitrogens is 1. The number of nitrogens with one attached hydrogen (secondary N) is 1. The average molecular weight is 259 g/mol. The predicted molar refractivity (Wildman–Crippen MR) is 74.6 cm³/mol. The smallest absolute Gasteiger partial charge is 0.231 e. The summed E-state index contributed by atoms with van der Waals surface area (Å²) in [7, 11) is 0. The zero-order valence-corrected chi connectivity index (χ0v) is 11.1. The van der Waals surface area contributed by atoms with Gasteiger partial charge in [-0.2, -0.15) is 0 Å². The van der Waals surface area contributed by atoms with Crippen molar-refractivity contribution in [3.63, 3.8) is 0 Å². The summed E-state index contributed by atoms with van der Waals surface area (Å²) in [6.45, 7) is 4.88. The molecule has 3 N–H and O–H groups in total. The molecule has 0 radical (unpaired) electrons. The molecule has 0 amide bonds. The van der Waals surface area contributed by atoms with Gasteiger partial charge in [-0.25, -0.2) is 4.98 Å². The van der Waals surface area contributed by atoms with E-state index in [4.69, 9.17) is 15.2 Å². The van der Waals surface area contributed by atoms with Crippen molar-refractivity contribution in [2.24, 2.45) is 5.73 Å². The van der Waals surface area contributed by atoms with E-state index in [1.165, 1.54) is 0 Å². The van der Waals surface area contributed by atoms with Crippen molar-refractivity contribution in [3.05, 3.63) is 24.4 Å². The van der Waals surface area contributed by atoms with Crippen molar-refractivity contribution >= 4 is 16.6 Å². The molecule has 5 heteroatoms. The highest BCUT2D eigenvalue weighted by Gasteiger charge is 2.19. The fourth-order valence-electron chi connectivity index (χ4n) is 2.03. The molecule has 2 heterocycles. The van der Waals surface area contributed by atoms with Crippen LogP contribution in [0.15, 0.2) is 24.4 Å². The number of anilines is 1. The first-order chi connectivity index (χ1) is 9.09. The molecule has 0 saturated heterocycles. The fraction of sp³-hybridized carbons (Fsp3) is 0.357. The molecule has 3 rings (SSSR count). The topological polar surface area (TPSA) is 69.4 Å². The van der Waals surface area contributed by atoms with E-state index in [0.717, 1.165) is 28.1 Å². The maximum absolute atomic E-state index is 5.75. The van der Waals surface area contributed by atoms with Crippen molar-refractivity contribution in [1.29, 1.82) is 0 Å². The Hall–Kier alpha value is -2.01. The minimum absolute atomic E-state index is 0.211. The van der Waals surface area contributed by atoms with E-state index in [2.05, 4.69) is 10.3 Å². The molecule has 0 atom stereocenters. The van der Waals surface area contributed by atoms with Crippen LogP contribution in [0.4, 0.5) is 5.82 Å². The lowest BCUT2D eigenvalue weighted by molar-refractivity contribution is 0.174. The molecule has 19 heavy (non-hydrogen) atoms. The summed E-state index contributed by atoms with van der Waals surface area (Å²) in [5.74, 6) is 2.35. The van der Waals surface area contributed by atoms with Gasteiger partial charge in [-0.05, 0) is 37.4 Å². The van der Waals surface area contributed by atoms with Crippen LogP contribution in [0.2, 0.25) is 0 Å². The monoisotopic (exact) mass is 259 g/mol. The Morgan fingerprint density at radius 1 is 1.32 bits per heavy atom. The Bertz CT molecular complexity index is 625. The van der Waals surface area contributed by atoms with E-state index >= 15 is 0 Å². The van der Waals surface area contributed by atoms with E-state index in [1.54, 1.807) is 6.20 Å². The number of hydrogen-bond acceptors (Lipinski definition) is 5. The summed E-state index contributed by atoms with van der Waals surface area (Å²) in [6, 6.07) is 5.89. The van der Waals surface area contributed by atoms with Gasteiger partial charge in [0.25, 0.3) is 0 Å². The van der Waals surface area contributed by atoms with Crippen molar-refractivity contribution in [2.75, 3.05) is 18.7 Å². The summed E-state index contributed by atoms with van der Waals surface area (Å²) in [4.78, 5) is 4.40. The van der Waals surface area contributed by atoms with Crippen molar-refractivity contribution in [2.45, 2.75) is 19.4 Å². The van der Waals surface area contributed by atoms with Crippen LogP contribution >= 0.6 is 0 Å². The molecule has 1 aliphatic heterocycles. The number of ether oxygens (including phenoxy) is 2. The minimum Gasteiger partial charge on any atom is -0.454 e. The highest BCUT2D eigenvalue weighted by molar-refractivity contribution is 5.94. The van der Waals surface area contributed by atoms with Gasteiger partial charge in [0.15, 0.2) is 11.5 Å². The zero-order valence-electron chi connectivity index (χ0n) is 11.1. The standard InChI is InChI=1S/C14H17N3O2/c1-14(2,7-15)17-13-10-6-12-11(18-8-19-12)5-9(10)3-4-16-13/h3-6H,7-8,15H2,1-2H3,(H,16,17). The van der Waals surface area contributed by atoms with Gasteiger partial charge in [0, 0.05) is 23.7 Å². The second-order valence-electron chi connectivity index (χ2n) is 5.30. The number of rotatable bonds is 3. The van der Waals surface area contributed by atoms with E-state index < -0.39 is 0 Å². The SMILES string of the molecule is CC(C)(CN)Nc1nccc2cc3c(cc12)OCO3. The molecule has 0 fully saturated rings. The molecule has 0 unspecified atom stereocenters. The Labute approximate surface area is 111 Å². The minimum atomic E-state index is -0.211. The molecular weight excluding hydrogens is 242 g/mol. The maximum Gasteiger partial charge on any atom is 0.231 e. The van der Waals surface area contributed by atoms with Crippen LogP contribution in [-0.2, 0) is 0 Å². The molecule has 1 aliphatic rings. The molecule has 2 aromatic rings. The fourth-order valence-corrected chi connectivity index (χ4v) is 2.03. The lowest BCUT2D eigenvalue weighted by Gasteiger charge is -2.25. The zero-order chi connectivity index (χ0) is 13.5. The van der Waals surface area contributed by atoms with Gasteiger partial charge in [-0.3, -0.25) is 0 Å². The molecule has 0 saturated carbocycles. The second-order valence-corrected chi connectivity index (χ2v) is 5.30. The first kappa shape index (κ1) is 12.0. The van der Waals surface area contributed by atoms with Gasteiger partial charge in [-0.15, -0.1) is 0 Å². The van der Waals surface area contributed by atoms with Gasteiger partial charge in [0.1, 0.15) is 5.82 Å². The van der Waals surface area contributed by atoms with Crippen molar-refractivity contribution < 1.29 is 9.47 Å². The molecule has 1 aromatic carbocycles. The Morgan fingerprint density at radius 3 is 2.79 bits per heavy atom. The normalized spacial score (nSPS) is 13.8. The Kier molecular flexibility index (Phi) is 2.71. The average Bonchev–Trinajstić information content (AvgIpc) is 2.83. The van der Waals surface area contributed by atoms with E-state index in [-0.39, 0.29) is 12.3 Å². The maximum atomic E-state index is 5.75. The Balaban J connectivity index is 2.10. The summed E-state index contributed by atoms with van der Waals surface area (Å²) in [5, 5.41) is 5.44. The third-order valence-corrected chi connectivity index (χ3v) is 3.22. The molecular formula is C14H17N3O2. The van der Waals surface area contributed by atoms with Crippen LogP contribution < -0.4 is 20.5 Å². The second kappa shape index (κ2) is 4.28. The number of nitrogens with two attached hydrogens (primary N) is 1. The van der Waals surface area contributed by atoms with Crippen molar-refractivity contribution in [1.82, 2.24) is 4.98 Å². The molecule has 1 aromatic heterocycles. The Morgan fingerprint density at radius 2 is 2.05 bits per heavy atom. The number of benzene rings is 1. The largest absolute Gasteiger partial charge is 0.454 e. The first-order valence-electron chi connectivity index (χ1n) is 6.26. The third kappa shape index (κ3) is 2.17. The number of nitrogens with zero attached hydrogens (tertiary/aromatic N) is 1. The molecule has 0 bridgehead atoms. The van der Waals surface area contributed by atoms with Crippen molar-refractivity contribution in [3.8, 4) is 11.5 Å². The quantitative estimate of drug-likeness (QED) is 0.883. The first-order valence-corrected chi connectivity index (χ1v) is 6.26. The van der Waals surface area contributed by atoms with Gasteiger partial charge in [0.2, 0.25) is 6.79 Å². The third-order valence-electron chi connectivity index (χ3n) is 3.22.